The molecule has 34 heavy (non-hydrogen) atoms. The van der Waals surface area contributed by atoms with E-state index in [2.05, 4.69) is 0 Å². The second-order valence-corrected chi connectivity index (χ2v) is 12.1. The molecular weight excluding hydrogens is 513 g/mol. The highest BCUT2D eigenvalue weighted by molar-refractivity contribution is 8.26. The summed E-state index contributed by atoms with van der Waals surface area (Å²) >= 11 is 18.4. The molecule has 2 atom stereocenters. The van der Waals surface area contributed by atoms with Crippen molar-refractivity contribution in [1.82, 2.24) is 4.90 Å². The predicted molar refractivity (Wildman–Crippen MR) is 141 cm³/mol. The first-order valence-corrected chi connectivity index (χ1v) is 13.3. The van der Waals surface area contributed by atoms with E-state index in [1.807, 2.05) is 19.9 Å². The molecule has 1 heterocycles. The molecule has 0 aromatic heterocycles. The molecule has 5 nitrogen and oxygen atoms in total. The molecule has 2 aliphatic carbocycles. The highest BCUT2D eigenvalue weighted by Crippen LogP contribution is 2.60. The quantitative estimate of drug-likeness (QED) is 0.173. The van der Waals surface area contributed by atoms with Crippen molar-refractivity contribution in [1.29, 1.82) is 0 Å². The molecule has 0 bridgehead atoms. The van der Waals surface area contributed by atoms with Crippen LogP contribution < -0.4 is 9.47 Å². The first-order valence-electron chi connectivity index (χ1n) is 11.3. The second-order valence-electron chi connectivity index (χ2n) is 9.46. The third-order valence-corrected chi connectivity index (χ3v) is 8.51. The van der Waals surface area contributed by atoms with Gasteiger partial charge in [0.2, 0.25) is 0 Å². The Morgan fingerprint density at radius 1 is 1.21 bits per heavy atom. The number of hydrogen-bond donors (Lipinski definition) is 0. The first kappa shape index (κ1) is 25.5. The summed E-state index contributed by atoms with van der Waals surface area (Å²) in [5.74, 6) is -0.0932. The Morgan fingerprint density at radius 2 is 1.91 bits per heavy atom. The monoisotopic (exact) mass is 539 g/mol. The number of thioether (sulfide) groups is 1. The number of thiocarbonyl (C=S) groups is 1. The number of carbonyl (C=O) groups is 2. The summed E-state index contributed by atoms with van der Waals surface area (Å²) in [7, 11) is 1.51. The van der Waals surface area contributed by atoms with Gasteiger partial charge in [-0.3, -0.25) is 14.5 Å². The predicted octanol–water partition coefficient (Wildman–Crippen LogP) is 6.73. The van der Waals surface area contributed by atoms with E-state index in [1.165, 1.54) is 25.3 Å². The van der Waals surface area contributed by atoms with Gasteiger partial charge in [0.05, 0.1) is 17.9 Å². The largest absolute Gasteiger partial charge is 0.493 e. The molecule has 3 fully saturated rings. The summed E-state index contributed by atoms with van der Waals surface area (Å²) in [4.78, 5) is 28.2. The van der Waals surface area contributed by atoms with E-state index in [9.17, 15) is 9.59 Å². The van der Waals surface area contributed by atoms with E-state index >= 15 is 0 Å². The van der Waals surface area contributed by atoms with Crippen LogP contribution in [-0.4, -0.2) is 34.2 Å². The van der Waals surface area contributed by atoms with Crippen molar-refractivity contribution in [2.24, 2.45) is 17.3 Å². The summed E-state index contributed by atoms with van der Waals surface area (Å²) in [5.41, 5.74) is 0.481. The smallest absolute Gasteiger partial charge is 0.315 e. The first-order chi connectivity index (χ1) is 16.1. The van der Waals surface area contributed by atoms with Crippen molar-refractivity contribution in [2.45, 2.75) is 52.0 Å². The Bertz CT molecular complexity index is 1070. The third-order valence-electron chi connectivity index (χ3n) is 6.93. The number of allylic oxidation sites excluding steroid dienone is 1. The van der Waals surface area contributed by atoms with E-state index in [4.69, 9.17) is 44.9 Å². The highest BCUT2D eigenvalue weighted by Gasteiger charge is 2.61. The number of carbonyl (C=O) groups excluding carboxylic acids is 2. The maximum absolute atomic E-state index is 13.1. The molecule has 1 aromatic rings. The van der Waals surface area contributed by atoms with Crippen LogP contribution in [0.4, 0.5) is 0 Å². The molecular formula is C25H27Cl2NO4S2. The van der Waals surface area contributed by atoms with Crippen LogP contribution in [0.2, 0.25) is 0 Å². The van der Waals surface area contributed by atoms with Crippen molar-refractivity contribution >= 4 is 69.5 Å². The van der Waals surface area contributed by atoms with Crippen LogP contribution >= 0.6 is 47.2 Å². The van der Waals surface area contributed by atoms with Gasteiger partial charge < -0.3 is 9.47 Å². The summed E-state index contributed by atoms with van der Waals surface area (Å²) in [6.45, 7) is 3.95. The average Bonchev–Trinajstić information content (AvgIpc) is 3.20. The number of nitrogens with zero attached hydrogens (tertiary/aromatic N) is 1. The fourth-order valence-corrected chi connectivity index (χ4v) is 6.56. The Hall–Kier alpha value is -1.54. The fourth-order valence-electron chi connectivity index (χ4n) is 4.89. The number of esters is 1. The average molecular weight is 541 g/mol. The minimum Gasteiger partial charge on any atom is -0.493 e. The highest BCUT2D eigenvalue weighted by atomic mass is 35.5. The fraction of sp³-hybridized carbons (Fsp3) is 0.480. The number of rotatable bonds is 6. The number of amides is 1. The Balaban J connectivity index is 1.49. The number of methoxy groups -OCH3 is 1. The molecule has 1 saturated heterocycles. The zero-order valence-corrected chi connectivity index (χ0v) is 22.5. The molecule has 3 aliphatic rings. The maximum atomic E-state index is 13.1. The van der Waals surface area contributed by atoms with E-state index in [-0.39, 0.29) is 39.7 Å². The molecule has 0 N–H and O–H groups in total. The van der Waals surface area contributed by atoms with E-state index < -0.39 is 0 Å². The Morgan fingerprint density at radius 3 is 2.56 bits per heavy atom. The van der Waals surface area contributed by atoms with Gasteiger partial charge in [-0.25, -0.2) is 0 Å². The molecule has 1 amide bonds. The maximum Gasteiger partial charge on any atom is 0.315 e. The summed E-state index contributed by atoms with van der Waals surface area (Å²) < 4.78 is 11.9. The zero-order chi connectivity index (χ0) is 24.6. The van der Waals surface area contributed by atoms with Crippen LogP contribution in [-0.2, 0) is 9.59 Å². The van der Waals surface area contributed by atoms with Crippen LogP contribution in [0, 0.1) is 17.3 Å². The molecule has 0 unspecified atom stereocenters. The van der Waals surface area contributed by atoms with Gasteiger partial charge in [-0.1, -0.05) is 86.4 Å². The van der Waals surface area contributed by atoms with Crippen molar-refractivity contribution in [3.8, 4) is 11.5 Å². The molecule has 182 valence electrons. The second kappa shape index (κ2) is 10.2. The Kier molecular flexibility index (Phi) is 7.67. The summed E-state index contributed by atoms with van der Waals surface area (Å²) in [6.07, 6.45) is 8.97. The third kappa shape index (κ3) is 5.18. The molecule has 0 radical (unpaired) electrons. The normalized spacial score (nSPS) is 25.4. The van der Waals surface area contributed by atoms with Gasteiger partial charge in [-0.05, 0) is 54.0 Å². The lowest BCUT2D eigenvalue weighted by atomic mass is 9.94. The van der Waals surface area contributed by atoms with Crippen LogP contribution in [0.3, 0.4) is 0 Å². The van der Waals surface area contributed by atoms with Crippen LogP contribution in [0.15, 0.2) is 33.7 Å². The van der Waals surface area contributed by atoms with Gasteiger partial charge in [0, 0.05) is 6.04 Å². The minimum absolute atomic E-state index is 0.0376. The van der Waals surface area contributed by atoms with Gasteiger partial charge in [0.15, 0.2) is 11.5 Å². The van der Waals surface area contributed by atoms with E-state index in [0.29, 0.717) is 20.7 Å². The van der Waals surface area contributed by atoms with Crippen LogP contribution in [0.25, 0.3) is 6.08 Å². The van der Waals surface area contributed by atoms with Crippen LogP contribution in [0.1, 0.15) is 51.5 Å². The van der Waals surface area contributed by atoms with Crippen molar-refractivity contribution in [3.05, 3.63) is 39.2 Å². The molecule has 1 aromatic carbocycles. The topological polar surface area (TPSA) is 55.8 Å². The minimum atomic E-state index is -0.361. The van der Waals surface area contributed by atoms with Crippen molar-refractivity contribution in [3.63, 3.8) is 0 Å². The summed E-state index contributed by atoms with van der Waals surface area (Å²) in [6, 6.07) is 5.42. The zero-order valence-electron chi connectivity index (χ0n) is 19.3. The lowest BCUT2D eigenvalue weighted by Gasteiger charge is -2.29. The molecule has 2 saturated carbocycles. The number of halogens is 2. The van der Waals surface area contributed by atoms with Crippen LogP contribution in [0.5, 0.6) is 11.5 Å². The number of hydrogen-bond acceptors (Lipinski definition) is 6. The van der Waals surface area contributed by atoms with Gasteiger partial charge >= 0.3 is 5.97 Å². The van der Waals surface area contributed by atoms with Gasteiger partial charge in [0.25, 0.3) is 5.91 Å². The number of ether oxygens (including phenoxy) is 2. The van der Waals surface area contributed by atoms with Gasteiger partial charge in [-0.2, -0.15) is 0 Å². The van der Waals surface area contributed by atoms with E-state index in [1.54, 1.807) is 29.2 Å². The molecule has 9 heteroatoms. The molecule has 0 spiro atoms. The van der Waals surface area contributed by atoms with Gasteiger partial charge in [0.1, 0.15) is 8.81 Å². The van der Waals surface area contributed by atoms with E-state index in [0.717, 1.165) is 31.2 Å². The van der Waals surface area contributed by atoms with Crippen molar-refractivity contribution < 1.29 is 19.1 Å². The summed E-state index contributed by atoms with van der Waals surface area (Å²) in [5, 5.41) is 0. The Labute approximate surface area is 219 Å². The van der Waals surface area contributed by atoms with Gasteiger partial charge in [-0.15, -0.1) is 0 Å². The molecule has 4 rings (SSSR count). The van der Waals surface area contributed by atoms with Crippen molar-refractivity contribution in [2.75, 3.05) is 7.11 Å². The molecule has 1 aliphatic heterocycles. The lowest BCUT2D eigenvalue weighted by Crippen LogP contribution is -2.39. The lowest BCUT2D eigenvalue weighted by molar-refractivity contribution is -0.136. The SMILES string of the molecule is COc1cc(/C=C2\SC(=S)N(C3CCCCC3)C2=O)ccc1OC(=O)[C@@H]1[C@@H](C=C(Cl)Cl)C1(C)C. The standard InChI is InChI=1S/C25H27Cl2NO4S2/c1-25(2)16(13-20(26)27)21(25)23(30)32-17-10-9-14(11-18(17)31-3)12-19-22(29)28(24(33)34-19)15-7-5-4-6-8-15/h9-13,15-16,21H,4-8H2,1-3H3/b19-12-/t16-,21+/m1/s1. The number of benzene rings is 1.